The van der Waals surface area contributed by atoms with Gasteiger partial charge in [-0.2, -0.15) is 0 Å². The van der Waals surface area contributed by atoms with Gasteiger partial charge in [-0.25, -0.2) is 4.79 Å². The maximum atomic E-state index is 13.7. The van der Waals surface area contributed by atoms with E-state index in [9.17, 15) is 9.59 Å². The molecule has 0 fully saturated rings. The monoisotopic (exact) mass is 463 g/mol. The van der Waals surface area contributed by atoms with Crippen LogP contribution in [-0.4, -0.2) is 40.2 Å². The van der Waals surface area contributed by atoms with Crippen LogP contribution < -0.4 is 19.5 Å². The van der Waals surface area contributed by atoms with E-state index in [-0.39, 0.29) is 11.7 Å². The number of ether oxygens (including phenoxy) is 4. The van der Waals surface area contributed by atoms with Gasteiger partial charge in [-0.05, 0) is 43.2 Å². The van der Waals surface area contributed by atoms with E-state index in [1.165, 1.54) is 7.11 Å². The van der Waals surface area contributed by atoms with Gasteiger partial charge in [-0.3, -0.25) is 4.79 Å². The van der Waals surface area contributed by atoms with Gasteiger partial charge >= 0.3 is 5.97 Å². The molecular weight excluding hydrogens is 434 g/mol. The zero-order valence-electron chi connectivity index (χ0n) is 20.1. The number of carbonyl (C=O) groups excluding carboxylic acids is 2. The highest BCUT2D eigenvalue weighted by Crippen LogP contribution is 2.49. The number of Topliss-reactive ketones (excluding diaryl/α,β-unsaturated/α-hetero) is 1. The minimum absolute atomic E-state index is 0.0339. The average Bonchev–Trinajstić information content (AvgIpc) is 2.86. The number of benzene rings is 2. The number of para-hydroxylation sites is 1. The molecule has 1 heterocycles. The maximum absolute atomic E-state index is 13.7. The molecule has 34 heavy (non-hydrogen) atoms. The minimum Gasteiger partial charge on any atom is -0.497 e. The average molecular weight is 464 g/mol. The van der Waals surface area contributed by atoms with Gasteiger partial charge in [0.1, 0.15) is 17.2 Å². The summed E-state index contributed by atoms with van der Waals surface area (Å²) in [6.07, 6.45) is 0.910. The van der Waals surface area contributed by atoms with Gasteiger partial charge in [0.25, 0.3) is 0 Å². The minimum atomic E-state index is -0.639. The topological polar surface area (TPSA) is 83.1 Å². The Balaban J connectivity index is 1.88. The van der Waals surface area contributed by atoms with E-state index in [0.717, 1.165) is 17.0 Å². The Labute approximate surface area is 199 Å². The van der Waals surface area contributed by atoms with Crippen molar-refractivity contribution in [3.8, 4) is 17.2 Å². The summed E-state index contributed by atoms with van der Waals surface area (Å²) in [6, 6.07) is 13.1. The van der Waals surface area contributed by atoms with Gasteiger partial charge in [-0.1, -0.05) is 18.2 Å². The summed E-state index contributed by atoms with van der Waals surface area (Å²) in [5, 5.41) is 3.34. The lowest BCUT2D eigenvalue weighted by molar-refractivity contribution is -0.136. The lowest BCUT2D eigenvalue weighted by Crippen LogP contribution is -2.36. The van der Waals surface area contributed by atoms with Crippen LogP contribution >= 0.6 is 0 Å². The Kier molecular flexibility index (Phi) is 6.63. The SMILES string of the molecule is COC(=O)C1=C(C)NC2=C(C(=O)C[C@H](c3ccccc3OC)C2)[C@@H]1c1cc(OC)ccc1OC. The van der Waals surface area contributed by atoms with Gasteiger partial charge in [0.05, 0.1) is 39.9 Å². The molecule has 2 aromatic carbocycles. The molecule has 1 aliphatic heterocycles. The van der Waals surface area contributed by atoms with Crippen LogP contribution in [-0.2, 0) is 14.3 Å². The lowest BCUT2D eigenvalue weighted by atomic mass is 9.71. The van der Waals surface area contributed by atoms with Crippen LogP contribution in [0.2, 0.25) is 0 Å². The Morgan fingerprint density at radius 2 is 1.62 bits per heavy atom. The number of hydrogen-bond acceptors (Lipinski definition) is 7. The molecule has 2 atom stereocenters. The van der Waals surface area contributed by atoms with Crippen molar-refractivity contribution in [3.05, 3.63) is 76.1 Å². The van der Waals surface area contributed by atoms with Gasteiger partial charge in [0, 0.05) is 34.9 Å². The number of rotatable bonds is 6. The number of ketones is 1. The van der Waals surface area contributed by atoms with Gasteiger partial charge < -0.3 is 24.3 Å². The standard InChI is InChI=1S/C27H29NO6/c1-15-24(27(30)34-5)25(19-14-17(31-2)10-11-23(19)33-4)26-20(28-15)12-16(13-21(26)29)18-8-6-7-9-22(18)32-3/h6-11,14,16,25,28H,12-13H2,1-5H3/t16-,25-/m1/s1. The number of nitrogens with one attached hydrogen (secondary N) is 1. The van der Waals surface area contributed by atoms with Crippen molar-refractivity contribution in [3.63, 3.8) is 0 Å². The van der Waals surface area contributed by atoms with Gasteiger partial charge in [0.2, 0.25) is 0 Å². The van der Waals surface area contributed by atoms with E-state index in [1.807, 2.05) is 37.3 Å². The molecule has 0 bridgehead atoms. The molecule has 2 aliphatic rings. The number of allylic oxidation sites excluding steroid dienone is 3. The van der Waals surface area contributed by atoms with E-state index in [2.05, 4.69) is 5.32 Å². The van der Waals surface area contributed by atoms with Crippen LogP contribution in [0.4, 0.5) is 0 Å². The molecular formula is C27H29NO6. The third-order valence-corrected chi connectivity index (χ3v) is 6.56. The van der Waals surface area contributed by atoms with Crippen LogP contribution in [0.1, 0.15) is 42.7 Å². The van der Waals surface area contributed by atoms with Crippen LogP contribution in [0, 0.1) is 0 Å². The molecule has 0 saturated heterocycles. The predicted molar refractivity (Wildman–Crippen MR) is 127 cm³/mol. The number of hydrogen-bond donors (Lipinski definition) is 1. The zero-order chi connectivity index (χ0) is 24.4. The summed E-state index contributed by atoms with van der Waals surface area (Å²) >= 11 is 0. The quantitative estimate of drug-likeness (QED) is 0.642. The first-order valence-electron chi connectivity index (χ1n) is 11.1. The van der Waals surface area contributed by atoms with Gasteiger partial charge in [0.15, 0.2) is 5.78 Å². The van der Waals surface area contributed by atoms with Crippen molar-refractivity contribution in [1.29, 1.82) is 0 Å². The Morgan fingerprint density at radius 3 is 2.29 bits per heavy atom. The fourth-order valence-corrected chi connectivity index (χ4v) is 5.02. The highest BCUT2D eigenvalue weighted by molar-refractivity contribution is 6.04. The molecule has 0 spiro atoms. The fraction of sp³-hybridized carbons (Fsp3) is 0.333. The molecule has 178 valence electrons. The van der Waals surface area contributed by atoms with Crippen LogP contribution in [0.25, 0.3) is 0 Å². The van der Waals surface area contributed by atoms with Gasteiger partial charge in [-0.15, -0.1) is 0 Å². The lowest BCUT2D eigenvalue weighted by Gasteiger charge is -2.37. The second kappa shape index (κ2) is 9.63. The number of carbonyl (C=O) groups is 2. The summed E-state index contributed by atoms with van der Waals surface area (Å²) in [7, 11) is 6.11. The summed E-state index contributed by atoms with van der Waals surface area (Å²) in [6.45, 7) is 1.83. The molecule has 0 amide bonds. The Hall–Kier alpha value is -3.74. The maximum Gasteiger partial charge on any atom is 0.336 e. The highest BCUT2D eigenvalue weighted by atomic mass is 16.5. The second-order valence-electron chi connectivity index (χ2n) is 8.36. The third kappa shape index (κ3) is 4.02. The van der Waals surface area contributed by atoms with Crippen molar-refractivity contribution in [2.24, 2.45) is 0 Å². The fourth-order valence-electron chi connectivity index (χ4n) is 5.02. The van der Waals surface area contributed by atoms with E-state index < -0.39 is 11.9 Å². The van der Waals surface area contributed by atoms with E-state index in [1.54, 1.807) is 33.5 Å². The Bertz CT molecular complexity index is 1200. The Morgan fingerprint density at radius 1 is 0.912 bits per heavy atom. The molecule has 7 heteroatoms. The molecule has 0 radical (unpaired) electrons. The molecule has 1 N–H and O–H groups in total. The van der Waals surface area contributed by atoms with E-state index >= 15 is 0 Å². The third-order valence-electron chi connectivity index (χ3n) is 6.56. The summed E-state index contributed by atoms with van der Waals surface area (Å²) < 4.78 is 21.7. The largest absolute Gasteiger partial charge is 0.497 e. The first-order chi connectivity index (χ1) is 16.4. The predicted octanol–water partition coefficient (Wildman–Crippen LogP) is 4.25. The van der Waals surface area contributed by atoms with Crippen molar-refractivity contribution in [2.75, 3.05) is 28.4 Å². The smallest absolute Gasteiger partial charge is 0.336 e. The number of esters is 1. The molecule has 2 aromatic rings. The molecule has 1 aliphatic carbocycles. The van der Waals surface area contributed by atoms with Crippen LogP contribution in [0.15, 0.2) is 65.0 Å². The normalized spacial score (nSPS) is 19.9. The summed E-state index contributed by atoms with van der Waals surface area (Å²) in [4.78, 5) is 26.7. The van der Waals surface area contributed by atoms with Crippen LogP contribution in [0.3, 0.4) is 0 Å². The number of methoxy groups -OCH3 is 4. The highest BCUT2D eigenvalue weighted by Gasteiger charge is 2.42. The van der Waals surface area contributed by atoms with Crippen molar-refractivity contribution >= 4 is 11.8 Å². The van der Waals surface area contributed by atoms with Crippen LogP contribution in [0.5, 0.6) is 17.2 Å². The van der Waals surface area contributed by atoms with Crippen molar-refractivity contribution in [2.45, 2.75) is 31.6 Å². The summed E-state index contributed by atoms with van der Waals surface area (Å²) in [5.74, 6) is 0.713. The molecule has 0 saturated carbocycles. The molecule has 4 rings (SSSR count). The molecule has 0 aromatic heterocycles. The van der Waals surface area contributed by atoms with Crippen molar-refractivity contribution in [1.82, 2.24) is 5.32 Å². The number of dihydropyridines is 1. The summed E-state index contributed by atoms with van der Waals surface area (Å²) in [5.41, 5.74) is 4.06. The second-order valence-corrected chi connectivity index (χ2v) is 8.36. The first-order valence-corrected chi connectivity index (χ1v) is 11.1. The zero-order valence-corrected chi connectivity index (χ0v) is 20.1. The first kappa shape index (κ1) is 23.4. The van der Waals surface area contributed by atoms with E-state index in [4.69, 9.17) is 18.9 Å². The van der Waals surface area contributed by atoms with E-state index in [0.29, 0.717) is 46.7 Å². The molecule has 0 unspecified atom stereocenters. The molecule has 7 nitrogen and oxygen atoms in total. The van der Waals surface area contributed by atoms with Crippen molar-refractivity contribution < 1.29 is 28.5 Å².